The molecule has 0 saturated heterocycles. The number of Topliss-reactive ketones (excluding diaryl/α,β-unsaturated/α-hetero) is 1. The fourth-order valence-electron chi connectivity index (χ4n) is 4.16. The zero-order valence-corrected chi connectivity index (χ0v) is 14.7. The van der Waals surface area contributed by atoms with Crippen LogP contribution in [0.2, 0.25) is 10.1 Å². The number of carbonyl (C=O) groups is 1. The van der Waals surface area contributed by atoms with Crippen LogP contribution in [0.25, 0.3) is 0 Å². The Balaban J connectivity index is 1.69. The Morgan fingerprint density at radius 3 is 2.52 bits per heavy atom. The van der Waals surface area contributed by atoms with Gasteiger partial charge in [-0.1, -0.05) is 0 Å². The Morgan fingerprint density at radius 1 is 1.29 bits per heavy atom. The molecule has 2 saturated carbocycles. The summed E-state index contributed by atoms with van der Waals surface area (Å²) in [5.41, 5.74) is 0.983. The van der Waals surface area contributed by atoms with Gasteiger partial charge in [0.2, 0.25) is 0 Å². The molecule has 2 bridgehead atoms. The molecule has 0 heterocycles. The average Bonchev–Trinajstić information content (AvgIpc) is 2.78. The van der Waals surface area contributed by atoms with E-state index in [-0.39, 0.29) is 30.6 Å². The summed E-state index contributed by atoms with van der Waals surface area (Å²) in [6.07, 6.45) is 1.81. The van der Waals surface area contributed by atoms with Crippen molar-refractivity contribution in [2.24, 2.45) is 16.7 Å². The molecule has 0 aliphatic heterocycles. The number of fused-ring (bicyclic) bond motifs is 2. The van der Waals surface area contributed by atoms with E-state index in [0.29, 0.717) is 11.7 Å². The van der Waals surface area contributed by atoms with E-state index in [0.717, 1.165) is 17.3 Å². The molecular formula is C18H24O2Se. The average molecular weight is 351 g/mol. The zero-order chi connectivity index (χ0) is 15.3. The molecule has 3 heteroatoms. The van der Waals surface area contributed by atoms with Gasteiger partial charge in [-0.3, -0.25) is 0 Å². The Kier molecular flexibility index (Phi) is 3.80. The molecule has 2 aliphatic rings. The maximum atomic E-state index is 12.8. The number of hydrogen-bond acceptors (Lipinski definition) is 2. The summed E-state index contributed by atoms with van der Waals surface area (Å²) in [7, 11) is 0. The number of benzene rings is 1. The second-order valence-electron chi connectivity index (χ2n) is 7.24. The van der Waals surface area contributed by atoms with Crippen LogP contribution in [-0.2, 0) is 4.79 Å². The molecule has 2 fully saturated rings. The van der Waals surface area contributed by atoms with Crippen molar-refractivity contribution in [3.05, 3.63) is 35.9 Å². The molecule has 0 amide bonds. The quantitative estimate of drug-likeness (QED) is 0.841. The minimum absolute atomic E-state index is 0.123. The normalized spacial score (nSPS) is 35.1. The predicted molar refractivity (Wildman–Crippen MR) is 85.3 cm³/mol. The predicted octanol–water partition coefficient (Wildman–Crippen LogP) is 3.66. The summed E-state index contributed by atoms with van der Waals surface area (Å²) >= 11 is 0.187. The van der Waals surface area contributed by atoms with Crippen molar-refractivity contribution in [3.63, 3.8) is 0 Å². The summed E-state index contributed by atoms with van der Waals surface area (Å²) in [5, 5.41) is 11.1. The minimum atomic E-state index is -0.422. The van der Waals surface area contributed by atoms with Crippen LogP contribution in [0.1, 0.15) is 45.3 Å². The standard InChI is InChI=1S/C18H24O2Se/c1-17(2)13-9-10-18(17,3)16(20)15(13)21-11-14(19)12-7-5-4-6-8-12/h4-8,13-15,19H,9-11H2,1-3H3/t13-,14-,15+,18+/m1/s1. The number of rotatable bonds is 4. The van der Waals surface area contributed by atoms with Gasteiger partial charge < -0.3 is 0 Å². The van der Waals surface area contributed by atoms with Crippen LogP contribution >= 0.6 is 0 Å². The van der Waals surface area contributed by atoms with E-state index < -0.39 is 6.10 Å². The molecule has 0 spiro atoms. The van der Waals surface area contributed by atoms with Crippen molar-refractivity contribution in [3.8, 4) is 0 Å². The van der Waals surface area contributed by atoms with Crippen molar-refractivity contribution in [2.45, 2.75) is 49.9 Å². The third kappa shape index (κ3) is 2.21. The summed E-state index contributed by atoms with van der Waals surface area (Å²) in [6, 6.07) is 9.81. The van der Waals surface area contributed by atoms with E-state index in [4.69, 9.17) is 0 Å². The third-order valence-electron chi connectivity index (χ3n) is 6.09. The van der Waals surface area contributed by atoms with Crippen LogP contribution < -0.4 is 0 Å². The summed E-state index contributed by atoms with van der Waals surface area (Å²) < 4.78 is 0. The van der Waals surface area contributed by atoms with E-state index in [1.54, 1.807) is 0 Å². The van der Waals surface area contributed by atoms with Gasteiger partial charge in [-0.25, -0.2) is 0 Å². The second kappa shape index (κ2) is 5.22. The third-order valence-corrected chi connectivity index (χ3v) is 9.05. The first-order valence-electron chi connectivity index (χ1n) is 7.77. The Hall–Kier alpha value is -0.631. The van der Waals surface area contributed by atoms with Crippen LogP contribution in [0, 0.1) is 16.7 Å². The van der Waals surface area contributed by atoms with Gasteiger partial charge in [0.1, 0.15) is 0 Å². The Morgan fingerprint density at radius 2 is 1.95 bits per heavy atom. The number of aliphatic hydroxyl groups excluding tert-OH is 1. The molecule has 114 valence electrons. The van der Waals surface area contributed by atoms with Crippen LogP contribution in [0.4, 0.5) is 0 Å². The van der Waals surface area contributed by atoms with Gasteiger partial charge in [0.15, 0.2) is 0 Å². The molecule has 2 aliphatic carbocycles. The number of hydrogen-bond donors (Lipinski definition) is 1. The van der Waals surface area contributed by atoms with Crippen LogP contribution in [0.3, 0.4) is 0 Å². The molecule has 1 aromatic carbocycles. The van der Waals surface area contributed by atoms with E-state index >= 15 is 0 Å². The monoisotopic (exact) mass is 352 g/mol. The molecule has 3 rings (SSSR count). The van der Waals surface area contributed by atoms with Crippen molar-refractivity contribution in [2.75, 3.05) is 0 Å². The van der Waals surface area contributed by atoms with Gasteiger partial charge in [-0.2, -0.15) is 0 Å². The molecule has 1 N–H and O–H groups in total. The first-order valence-corrected chi connectivity index (χ1v) is 9.97. The molecule has 4 atom stereocenters. The Bertz CT molecular complexity index is 539. The van der Waals surface area contributed by atoms with Crippen molar-refractivity contribution in [1.29, 1.82) is 0 Å². The Labute approximate surface area is 133 Å². The van der Waals surface area contributed by atoms with E-state index in [2.05, 4.69) is 20.8 Å². The zero-order valence-electron chi connectivity index (χ0n) is 13.0. The van der Waals surface area contributed by atoms with E-state index in [9.17, 15) is 9.90 Å². The summed E-state index contributed by atoms with van der Waals surface area (Å²) in [4.78, 5) is 13.0. The molecular weight excluding hydrogens is 327 g/mol. The van der Waals surface area contributed by atoms with Gasteiger partial charge in [0.05, 0.1) is 0 Å². The first-order chi connectivity index (χ1) is 9.88. The van der Waals surface area contributed by atoms with Crippen LogP contribution in [-0.4, -0.2) is 25.8 Å². The fraction of sp³-hybridized carbons (Fsp3) is 0.611. The van der Waals surface area contributed by atoms with E-state index in [1.807, 2.05) is 30.3 Å². The maximum absolute atomic E-state index is 12.8. The summed E-state index contributed by atoms with van der Waals surface area (Å²) in [5.74, 6) is 1.00. The molecule has 1 aromatic rings. The van der Waals surface area contributed by atoms with Gasteiger partial charge >= 0.3 is 133 Å². The molecule has 0 aromatic heterocycles. The summed E-state index contributed by atoms with van der Waals surface area (Å²) in [6.45, 7) is 6.71. The first kappa shape index (κ1) is 15.3. The number of aliphatic hydroxyl groups is 1. The topological polar surface area (TPSA) is 37.3 Å². The van der Waals surface area contributed by atoms with E-state index in [1.165, 1.54) is 6.42 Å². The van der Waals surface area contributed by atoms with Crippen LogP contribution in [0.15, 0.2) is 30.3 Å². The van der Waals surface area contributed by atoms with Crippen LogP contribution in [0.5, 0.6) is 0 Å². The van der Waals surface area contributed by atoms with Gasteiger partial charge in [-0.05, 0) is 0 Å². The molecule has 0 unspecified atom stereocenters. The van der Waals surface area contributed by atoms with Gasteiger partial charge in [0.25, 0.3) is 0 Å². The molecule has 21 heavy (non-hydrogen) atoms. The number of carbonyl (C=O) groups excluding carboxylic acids is 1. The second-order valence-corrected chi connectivity index (χ2v) is 9.71. The van der Waals surface area contributed by atoms with Crippen molar-refractivity contribution >= 4 is 20.7 Å². The van der Waals surface area contributed by atoms with Crippen molar-refractivity contribution < 1.29 is 9.90 Å². The van der Waals surface area contributed by atoms with Gasteiger partial charge in [-0.15, -0.1) is 0 Å². The van der Waals surface area contributed by atoms with Gasteiger partial charge in [0, 0.05) is 0 Å². The van der Waals surface area contributed by atoms with Crippen molar-refractivity contribution in [1.82, 2.24) is 0 Å². The fourth-order valence-corrected chi connectivity index (χ4v) is 7.73. The molecule has 0 radical (unpaired) electrons. The molecule has 2 nitrogen and oxygen atoms in total. The SMILES string of the molecule is CC1(C)[C@@H]2CC[C@@]1(C)C(=O)[C@H]2[Se]C[C@@H](O)c1ccccc1. The number of ketones is 1.